The summed E-state index contributed by atoms with van der Waals surface area (Å²) in [7, 11) is 1.58. The summed E-state index contributed by atoms with van der Waals surface area (Å²) in [5.74, 6) is -0.228. The molecule has 0 aromatic heterocycles. The van der Waals surface area contributed by atoms with Gasteiger partial charge in [0.1, 0.15) is 0 Å². The van der Waals surface area contributed by atoms with Crippen molar-refractivity contribution in [2.24, 2.45) is 0 Å². The summed E-state index contributed by atoms with van der Waals surface area (Å²) in [6, 6.07) is 15.0. The number of carbonyl (C=O) groups is 2. The van der Waals surface area contributed by atoms with Gasteiger partial charge in [-0.3, -0.25) is 9.59 Å². The van der Waals surface area contributed by atoms with Gasteiger partial charge in [0.25, 0.3) is 5.91 Å². The van der Waals surface area contributed by atoms with Crippen LogP contribution >= 0.6 is 0 Å². The van der Waals surface area contributed by atoms with Crippen molar-refractivity contribution in [1.82, 2.24) is 5.32 Å². The number of anilines is 1. The van der Waals surface area contributed by atoms with Crippen LogP contribution in [0.25, 0.3) is 0 Å². The number of aryl methyl sites for hydroxylation is 2. The van der Waals surface area contributed by atoms with E-state index < -0.39 is 0 Å². The predicted octanol–water partition coefficient (Wildman–Crippen LogP) is 2.93. The molecule has 22 heavy (non-hydrogen) atoms. The molecule has 0 atom stereocenters. The van der Waals surface area contributed by atoms with Crippen molar-refractivity contribution < 1.29 is 9.59 Å². The molecular weight excluding hydrogens is 276 g/mol. The SMILES string of the molecule is CNC(=O)c1cccc(NC(=O)CCc2ccccc2C)c1. The van der Waals surface area contributed by atoms with Gasteiger partial charge in [-0.2, -0.15) is 0 Å². The topological polar surface area (TPSA) is 58.2 Å². The first-order chi connectivity index (χ1) is 10.6. The van der Waals surface area contributed by atoms with Crippen molar-refractivity contribution in [1.29, 1.82) is 0 Å². The fourth-order valence-electron chi connectivity index (χ4n) is 2.24. The Labute approximate surface area is 130 Å². The normalized spacial score (nSPS) is 10.1. The molecule has 2 aromatic rings. The maximum absolute atomic E-state index is 12.0. The Morgan fingerprint density at radius 3 is 2.55 bits per heavy atom. The molecule has 114 valence electrons. The zero-order valence-corrected chi connectivity index (χ0v) is 12.8. The highest BCUT2D eigenvalue weighted by Crippen LogP contribution is 2.13. The van der Waals surface area contributed by atoms with Gasteiger partial charge < -0.3 is 10.6 Å². The summed E-state index contributed by atoms with van der Waals surface area (Å²) in [5, 5.41) is 5.40. The molecule has 0 bridgehead atoms. The summed E-state index contributed by atoms with van der Waals surface area (Å²) in [6.07, 6.45) is 1.11. The van der Waals surface area contributed by atoms with Gasteiger partial charge in [0, 0.05) is 24.7 Å². The average Bonchev–Trinajstić information content (AvgIpc) is 2.53. The summed E-state index contributed by atoms with van der Waals surface area (Å²) in [5.41, 5.74) is 3.53. The van der Waals surface area contributed by atoms with Crippen LogP contribution in [-0.4, -0.2) is 18.9 Å². The fourth-order valence-corrected chi connectivity index (χ4v) is 2.24. The molecule has 0 radical (unpaired) electrons. The lowest BCUT2D eigenvalue weighted by molar-refractivity contribution is -0.116. The average molecular weight is 296 g/mol. The maximum Gasteiger partial charge on any atom is 0.251 e. The number of hydrogen-bond donors (Lipinski definition) is 2. The van der Waals surface area contributed by atoms with E-state index in [9.17, 15) is 9.59 Å². The van der Waals surface area contributed by atoms with Crippen LogP contribution in [0.15, 0.2) is 48.5 Å². The standard InChI is InChI=1S/C18H20N2O2/c1-13-6-3-4-7-14(13)10-11-17(21)20-16-9-5-8-15(12-16)18(22)19-2/h3-9,12H,10-11H2,1-2H3,(H,19,22)(H,20,21). The van der Waals surface area contributed by atoms with E-state index in [0.29, 0.717) is 24.1 Å². The predicted molar refractivity (Wildman–Crippen MR) is 88.0 cm³/mol. The van der Waals surface area contributed by atoms with E-state index in [4.69, 9.17) is 0 Å². The van der Waals surface area contributed by atoms with Gasteiger partial charge in [0.15, 0.2) is 0 Å². The highest BCUT2D eigenvalue weighted by molar-refractivity contribution is 5.97. The maximum atomic E-state index is 12.0. The van der Waals surface area contributed by atoms with E-state index >= 15 is 0 Å². The molecule has 0 aliphatic rings. The number of hydrogen-bond acceptors (Lipinski definition) is 2. The molecule has 0 unspecified atom stereocenters. The molecule has 2 aromatic carbocycles. The van der Waals surface area contributed by atoms with Crippen LogP contribution in [-0.2, 0) is 11.2 Å². The molecule has 2 amide bonds. The number of nitrogens with one attached hydrogen (secondary N) is 2. The van der Waals surface area contributed by atoms with Gasteiger partial charge in [0.05, 0.1) is 0 Å². The third-order valence-corrected chi connectivity index (χ3v) is 3.52. The molecule has 0 saturated carbocycles. The second-order valence-electron chi connectivity index (χ2n) is 5.13. The van der Waals surface area contributed by atoms with Crippen LogP contribution in [0.3, 0.4) is 0 Å². The zero-order chi connectivity index (χ0) is 15.9. The molecule has 0 spiro atoms. The van der Waals surface area contributed by atoms with Crippen LogP contribution in [0.2, 0.25) is 0 Å². The molecule has 0 aliphatic carbocycles. The minimum absolute atomic E-state index is 0.0580. The van der Waals surface area contributed by atoms with E-state index in [0.717, 1.165) is 0 Å². The van der Waals surface area contributed by atoms with Gasteiger partial charge in [-0.25, -0.2) is 0 Å². The minimum Gasteiger partial charge on any atom is -0.355 e. The van der Waals surface area contributed by atoms with Crippen LogP contribution in [0.1, 0.15) is 27.9 Å². The molecule has 2 rings (SSSR count). The van der Waals surface area contributed by atoms with Gasteiger partial charge in [-0.1, -0.05) is 30.3 Å². The monoisotopic (exact) mass is 296 g/mol. The molecule has 0 heterocycles. The van der Waals surface area contributed by atoms with Gasteiger partial charge >= 0.3 is 0 Å². The Morgan fingerprint density at radius 2 is 1.82 bits per heavy atom. The molecule has 2 N–H and O–H groups in total. The number of amides is 2. The molecule has 4 nitrogen and oxygen atoms in total. The lowest BCUT2D eigenvalue weighted by Crippen LogP contribution is -2.18. The summed E-state index contributed by atoms with van der Waals surface area (Å²) >= 11 is 0. The lowest BCUT2D eigenvalue weighted by atomic mass is 10.0. The van der Waals surface area contributed by atoms with Crippen LogP contribution < -0.4 is 10.6 Å². The van der Waals surface area contributed by atoms with Crippen LogP contribution in [0.5, 0.6) is 0 Å². The molecule has 0 fully saturated rings. The van der Waals surface area contributed by atoms with Crippen molar-refractivity contribution in [2.75, 3.05) is 12.4 Å². The summed E-state index contributed by atoms with van der Waals surface area (Å²) in [4.78, 5) is 23.6. The summed E-state index contributed by atoms with van der Waals surface area (Å²) < 4.78 is 0. The Bertz CT molecular complexity index is 680. The second kappa shape index (κ2) is 7.41. The Morgan fingerprint density at radius 1 is 1.05 bits per heavy atom. The Balaban J connectivity index is 1.95. The number of benzene rings is 2. The van der Waals surface area contributed by atoms with Crippen molar-refractivity contribution >= 4 is 17.5 Å². The summed E-state index contributed by atoms with van der Waals surface area (Å²) in [6.45, 7) is 2.04. The minimum atomic E-state index is -0.170. The van der Waals surface area contributed by atoms with E-state index in [1.165, 1.54) is 11.1 Å². The Hall–Kier alpha value is -2.62. The fraction of sp³-hybridized carbons (Fsp3) is 0.222. The quantitative estimate of drug-likeness (QED) is 0.891. The number of rotatable bonds is 5. The second-order valence-corrected chi connectivity index (χ2v) is 5.13. The highest BCUT2D eigenvalue weighted by atomic mass is 16.2. The molecule has 0 aliphatic heterocycles. The third kappa shape index (κ3) is 4.19. The van der Waals surface area contributed by atoms with E-state index in [1.807, 2.05) is 31.2 Å². The highest BCUT2D eigenvalue weighted by Gasteiger charge is 2.07. The van der Waals surface area contributed by atoms with E-state index in [1.54, 1.807) is 31.3 Å². The first kappa shape index (κ1) is 15.8. The van der Waals surface area contributed by atoms with Crippen molar-refractivity contribution in [3.8, 4) is 0 Å². The number of carbonyl (C=O) groups excluding carboxylic acids is 2. The first-order valence-corrected chi connectivity index (χ1v) is 7.26. The van der Waals surface area contributed by atoms with E-state index in [2.05, 4.69) is 10.6 Å². The van der Waals surface area contributed by atoms with Gasteiger partial charge in [-0.15, -0.1) is 0 Å². The smallest absolute Gasteiger partial charge is 0.251 e. The van der Waals surface area contributed by atoms with Gasteiger partial charge in [-0.05, 0) is 42.7 Å². The molecule has 0 saturated heterocycles. The lowest BCUT2D eigenvalue weighted by Gasteiger charge is -2.08. The van der Waals surface area contributed by atoms with Crippen molar-refractivity contribution in [3.05, 3.63) is 65.2 Å². The molecular formula is C18H20N2O2. The molecule has 4 heteroatoms. The van der Waals surface area contributed by atoms with Crippen LogP contribution in [0, 0.1) is 6.92 Å². The van der Waals surface area contributed by atoms with E-state index in [-0.39, 0.29) is 11.8 Å². The van der Waals surface area contributed by atoms with Crippen LogP contribution in [0.4, 0.5) is 5.69 Å². The largest absolute Gasteiger partial charge is 0.355 e. The van der Waals surface area contributed by atoms with Gasteiger partial charge in [0.2, 0.25) is 5.91 Å². The van der Waals surface area contributed by atoms with Crippen molar-refractivity contribution in [2.45, 2.75) is 19.8 Å². The third-order valence-electron chi connectivity index (χ3n) is 3.52. The first-order valence-electron chi connectivity index (χ1n) is 7.26. The van der Waals surface area contributed by atoms with Crippen molar-refractivity contribution in [3.63, 3.8) is 0 Å². The Kier molecular flexibility index (Phi) is 5.31. The zero-order valence-electron chi connectivity index (χ0n) is 12.8.